The largest absolute Gasteiger partial charge is 0.357 e. The number of aliphatic imine (C=N–C) groups is 1. The molecule has 0 radical (unpaired) electrons. The fraction of sp³-hybridized carbons (Fsp3) is 0.778. The molecule has 2 rings (SSSR count). The minimum Gasteiger partial charge on any atom is -0.357 e. The average Bonchev–Trinajstić information content (AvgIpc) is 2.91. The first-order chi connectivity index (χ1) is 11.6. The van der Waals surface area contributed by atoms with Crippen molar-refractivity contribution in [2.75, 3.05) is 39.3 Å². The molecule has 1 unspecified atom stereocenters. The predicted molar refractivity (Wildman–Crippen MR) is 120 cm³/mol. The third-order valence-electron chi connectivity index (χ3n) is 4.61. The number of nitrogens with one attached hydrogen (secondary N) is 2. The Morgan fingerprint density at radius 3 is 2.76 bits per heavy atom. The smallest absolute Gasteiger partial charge is 0.191 e. The van der Waals surface area contributed by atoms with E-state index in [9.17, 15) is 0 Å². The van der Waals surface area contributed by atoms with Gasteiger partial charge in [-0.2, -0.15) is 0 Å². The van der Waals surface area contributed by atoms with Gasteiger partial charge in [0, 0.05) is 37.5 Å². The molecule has 5 nitrogen and oxygen atoms in total. The van der Waals surface area contributed by atoms with Gasteiger partial charge in [-0.1, -0.05) is 6.92 Å². The van der Waals surface area contributed by atoms with E-state index in [0.29, 0.717) is 5.92 Å². The van der Waals surface area contributed by atoms with Gasteiger partial charge < -0.3 is 15.5 Å². The molecular weight excluding hydrogens is 445 g/mol. The van der Waals surface area contributed by atoms with E-state index < -0.39 is 0 Å². The molecule has 0 amide bonds. The summed E-state index contributed by atoms with van der Waals surface area (Å²) in [5.41, 5.74) is 1.16. The van der Waals surface area contributed by atoms with Crippen LogP contribution in [0.5, 0.6) is 0 Å². The molecular formula is C18H34IN5S. The molecule has 0 spiro atoms. The first kappa shape index (κ1) is 22.6. The Hall–Kier alpha value is -0.410. The number of aryl methyl sites for hydroxylation is 2. The van der Waals surface area contributed by atoms with Crippen LogP contribution in [0.3, 0.4) is 0 Å². The monoisotopic (exact) mass is 479 g/mol. The lowest BCUT2D eigenvalue weighted by molar-refractivity contribution is 0.186. The van der Waals surface area contributed by atoms with Crippen molar-refractivity contribution in [3.8, 4) is 0 Å². The van der Waals surface area contributed by atoms with Crippen LogP contribution in [0.4, 0.5) is 0 Å². The standard InChI is InChI=1S/C18H33N5S.HI/c1-5-19-18(20-10-9-17-22-14(3)15(4)24-17)21-12-16-8-7-11-23(6-2)13-16;/h16H,5-13H2,1-4H3,(H2,19,20,21);1H. The van der Waals surface area contributed by atoms with Crippen molar-refractivity contribution in [2.45, 2.75) is 47.0 Å². The van der Waals surface area contributed by atoms with Gasteiger partial charge in [-0.15, -0.1) is 35.3 Å². The molecule has 1 fully saturated rings. The predicted octanol–water partition coefficient (Wildman–Crippen LogP) is 3.21. The molecule has 1 aliphatic rings. The van der Waals surface area contributed by atoms with Gasteiger partial charge in [0.2, 0.25) is 0 Å². The summed E-state index contributed by atoms with van der Waals surface area (Å²) >= 11 is 1.80. The third-order valence-corrected chi connectivity index (χ3v) is 5.74. The van der Waals surface area contributed by atoms with Gasteiger partial charge in [0.05, 0.1) is 10.7 Å². The van der Waals surface area contributed by atoms with Crippen LogP contribution in [-0.4, -0.2) is 55.1 Å². The number of piperidine rings is 1. The Morgan fingerprint density at radius 2 is 2.12 bits per heavy atom. The molecule has 7 heteroatoms. The van der Waals surface area contributed by atoms with Crippen LogP contribution >= 0.6 is 35.3 Å². The molecule has 25 heavy (non-hydrogen) atoms. The molecule has 1 aromatic heterocycles. The first-order valence-corrected chi connectivity index (χ1v) is 10.1. The van der Waals surface area contributed by atoms with E-state index in [1.165, 1.54) is 35.8 Å². The van der Waals surface area contributed by atoms with Crippen molar-refractivity contribution in [3.63, 3.8) is 0 Å². The van der Waals surface area contributed by atoms with Gasteiger partial charge in [0.15, 0.2) is 5.96 Å². The molecule has 2 heterocycles. The molecule has 1 atom stereocenters. The molecule has 2 N–H and O–H groups in total. The Morgan fingerprint density at radius 1 is 1.32 bits per heavy atom. The van der Waals surface area contributed by atoms with Gasteiger partial charge in [0.1, 0.15) is 0 Å². The van der Waals surface area contributed by atoms with E-state index in [-0.39, 0.29) is 24.0 Å². The lowest BCUT2D eigenvalue weighted by atomic mass is 9.98. The lowest BCUT2D eigenvalue weighted by Gasteiger charge is -2.31. The Labute approximate surface area is 174 Å². The highest BCUT2D eigenvalue weighted by atomic mass is 127. The second-order valence-corrected chi connectivity index (χ2v) is 7.83. The Balaban J connectivity index is 0.00000312. The SMILES string of the molecule is CCNC(=NCC1CCCN(CC)C1)NCCc1nc(C)c(C)s1.I. The Bertz CT molecular complexity index is 512. The van der Waals surface area contributed by atoms with Crippen molar-refractivity contribution in [1.82, 2.24) is 20.5 Å². The highest BCUT2D eigenvalue weighted by Crippen LogP contribution is 2.17. The number of hydrogen-bond donors (Lipinski definition) is 2. The molecule has 144 valence electrons. The number of thiazole rings is 1. The van der Waals surface area contributed by atoms with Gasteiger partial charge in [-0.25, -0.2) is 4.98 Å². The summed E-state index contributed by atoms with van der Waals surface area (Å²) in [6.45, 7) is 14.9. The first-order valence-electron chi connectivity index (χ1n) is 9.29. The van der Waals surface area contributed by atoms with Crippen LogP contribution in [0, 0.1) is 19.8 Å². The van der Waals surface area contributed by atoms with Crippen molar-refractivity contribution < 1.29 is 0 Å². The van der Waals surface area contributed by atoms with Crippen LogP contribution in [0.2, 0.25) is 0 Å². The highest BCUT2D eigenvalue weighted by molar-refractivity contribution is 14.0. The maximum atomic E-state index is 4.81. The van der Waals surface area contributed by atoms with E-state index in [4.69, 9.17) is 4.99 Å². The number of rotatable bonds is 7. The fourth-order valence-corrected chi connectivity index (χ4v) is 4.02. The van der Waals surface area contributed by atoms with Gasteiger partial charge in [-0.05, 0) is 52.6 Å². The summed E-state index contributed by atoms with van der Waals surface area (Å²) in [6, 6.07) is 0. The fourth-order valence-electron chi connectivity index (χ4n) is 3.08. The lowest BCUT2D eigenvalue weighted by Crippen LogP contribution is -2.40. The van der Waals surface area contributed by atoms with Gasteiger partial charge in [0.25, 0.3) is 0 Å². The zero-order chi connectivity index (χ0) is 17.4. The molecule has 0 bridgehead atoms. The van der Waals surface area contributed by atoms with Crippen LogP contribution < -0.4 is 10.6 Å². The van der Waals surface area contributed by atoms with E-state index in [1.54, 1.807) is 11.3 Å². The van der Waals surface area contributed by atoms with E-state index in [1.807, 2.05) is 0 Å². The van der Waals surface area contributed by atoms with Crippen LogP contribution in [0.25, 0.3) is 0 Å². The summed E-state index contributed by atoms with van der Waals surface area (Å²) in [4.78, 5) is 13.3. The average molecular weight is 479 g/mol. The molecule has 1 aliphatic heterocycles. The second kappa shape index (κ2) is 12.1. The van der Waals surface area contributed by atoms with Gasteiger partial charge in [-0.3, -0.25) is 4.99 Å². The maximum absolute atomic E-state index is 4.81. The quantitative estimate of drug-likeness (QED) is 0.358. The highest BCUT2D eigenvalue weighted by Gasteiger charge is 2.18. The van der Waals surface area contributed by atoms with Crippen LogP contribution in [0.15, 0.2) is 4.99 Å². The molecule has 1 saturated heterocycles. The van der Waals surface area contributed by atoms with E-state index in [2.05, 4.69) is 48.2 Å². The minimum absolute atomic E-state index is 0. The van der Waals surface area contributed by atoms with E-state index >= 15 is 0 Å². The second-order valence-electron chi connectivity index (χ2n) is 6.55. The van der Waals surface area contributed by atoms with Crippen LogP contribution in [-0.2, 0) is 6.42 Å². The minimum atomic E-state index is 0. The number of aromatic nitrogens is 1. The van der Waals surface area contributed by atoms with Gasteiger partial charge >= 0.3 is 0 Å². The number of hydrogen-bond acceptors (Lipinski definition) is 4. The summed E-state index contributed by atoms with van der Waals surface area (Å²) in [7, 11) is 0. The summed E-state index contributed by atoms with van der Waals surface area (Å²) in [6.07, 6.45) is 3.56. The number of halogens is 1. The Kier molecular flexibility index (Phi) is 10.9. The molecule has 0 aromatic carbocycles. The van der Waals surface area contributed by atoms with Crippen molar-refractivity contribution in [1.29, 1.82) is 0 Å². The summed E-state index contributed by atoms with van der Waals surface area (Å²) in [5.74, 6) is 1.63. The number of likely N-dealkylation sites (tertiary alicyclic amines) is 1. The van der Waals surface area contributed by atoms with Crippen molar-refractivity contribution in [3.05, 3.63) is 15.6 Å². The third kappa shape index (κ3) is 7.78. The van der Waals surface area contributed by atoms with E-state index in [0.717, 1.165) is 44.3 Å². The zero-order valence-electron chi connectivity index (χ0n) is 16.1. The number of guanidine groups is 1. The maximum Gasteiger partial charge on any atom is 0.191 e. The van der Waals surface area contributed by atoms with Crippen LogP contribution in [0.1, 0.15) is 42.3 Å². The summed E-state index contributed by atoms with van der Waals surface area (Å²) in [5, 5.41) is 8.02. The normalized spacial score (nSPS) is 18.7. The molecule has 0 saturated carbocycles. The summed E-state index contributed by atoms with van der Waals surface area (Å²) < 4.78 is 0. The zero-order valence-corrected chi connectivity index (χ0v) is 19.2. The van der Waals surface area contributed by atoms with Crippen molar-refractivity contribution >= 4 is 41.3 Å². The van der Waals surface area contributed by atoms with Crippen molar-refractivity contribution in [2.24, 2.45) is 10.9 Å². The molecule has 1 aromatic rings. The number of nitrogens with zero attached hydrogens (tertiary/aromatic N) is 3. The topological polar surface area (TPSA) is 52.6 Å². The molecule has 0 aliphatic carbocycles.